The van der Waals surface area contributed by atoms with Gasteiger partial charge in [-0.05, 0) is 73.9 Å². The second kappa shape index (κ2) is 12.2. The fourth-order valence-electron chi connectivity index (χ4n) is 4.57. The number of ether oxygens (including phenoxy) is 2. The van der Waals surface area contributed by atoms with Crippen molar-refractivity contribution in [3.63, 3.8) is 0 Å². The fourth-order valence-corrected chi connectivity index (χ4v) is 4.57. The highest BCUT2D eigenvalue weighted by molar-refractivity contribution is 5.88. The van der Waals surface area contributed by atoms with Crippen LogP contribution in [0.3, 0.4) is 0 Å². The predicted octanol–water partition coefficient (Wildman–Crippen LogP) is 3.22. The van der Waals surface area contributed by atoms with Crippen molar-refractivity contribution in [3.05, 3.63) is 71.4 Å². The Hall–Kier alpha value is -4.45. The Kier molecular flexibility index (Phi) is 8.25. The van der Waals surface area contributed by atoms with E-state index in [0.29, 0.717) is 41.9 Å². The molecule has 4 heterocycles. The average molecular weight is 549 g/mol. The Bertz CT molecular complexity index is 1440. The van der Waals surface area contributed by atoms with E-state index in [1.807, 2.05) is 19.1 Å². The highest BCUT2D eigenvalue weighted by atomic mass is 16.5. The number of hydrogen-bond acceptors (Lipinski definition) is 9. The number of aromatic nitrogens is 4. The van der Waals surface area contributed by atoms with Crippen molar-refractivity contribution in [2.45, 2.75) is 51.9 Å². The molecule has 1 fully saturated rings. The monoisotopic (exact) mass is 548 g/mol. The molecule has 0 unspecified atom stereocenters. The molecule has 5 rings (SSSR count). The fraction of sp³-hybridized carbons (Fsp3) is 0.393. The lowest BCUT2D eigenvalue weighted by Gasteiger charge is -2.30. The van der Waals surface area contributed by atoms with E-state index in [1.54, 1.807) is 50.4 Å². The van der Waals surface area contributed by atoms with E-state index in [2.05, 4.69) is 20.7 Å². The zero-order valence-corrected chi connectivity index (χ0v) is 22.7. The lowest BCUT2D eigenvalue weighted by Crippen LogP contribution is -2.46. The van der Waals surface area contributed by atoms with Crippen molar-refractivity contribution >= 4 is 11.8 Å². The smallest absolute Gasteiger partial charge is 0.250 e. The molecule has 0 saturated carbocycles. The van der Waals surface area contributed by atoms with E-state index < -0.39 is 11.9 Å². The summed E-state index contributed by atoms with van der Waals surface area (Å²) in [5.74, 6) is 2.30. The summed E-state index contributed by atoms with van der Waals surface area (Å²) in [4.78, 5) is 30.2. The quantitative estimate of drug-likeness (QED) is 0.299. The minimum absolute atomic E-state index is 0.0586. The van der Waals surface area contributed by atoms with Crippen LogP contribution < -0.4 is 10.1 Å². The Morgan fingerprint density at radius 2 is 1.88 bits per heavy atom. The Balaban J connectivity index is 1.43. The minimum Gasteiger partial charge on any atom is -0.497 e. The normalized spacial score (nSPS) is 15.6. The van der Waals surface area contributed by atoms with Crippen LogP contribution in [0.5, 0.6) is 5.75 Å². The van der Waals surface area contributed by atoms with Crippen LogP contribution in [0.2, 0.25) is 0 Å². The van der Waals surface area contributed by atoms with Gasteiger partial charge in [0.05, 0.1) is 13.2 Å². The summed E-state index contributed by atoms with van der Waals surface area (Å²) in [6.07, 6.45) is 1.76. The lowest BCUT2D eigenvalue weighted by atomic mass is 10.1. The summed E-state index contributed by atoms with van der Waals surface area (Å²) in [5, 5.41) is 15.3. The van der Waals surface area contributed by atoms with Crippen LogP contribution in [0.1, 0.15) is 41.7 Å². The molecule has 1 N–H and O–H groups in total. The first-order valence-corrected chi connectivity index (χ1v) is 13.1. The molecule has 0 aliphatic carbocycles. The number of benzene rings is 1. The number of aryl methyl sites for hydroxylation is 2. The van der Waals surface area contributed by atoms with Gasteiger partial charge in [-0.2, -0.15) is 4.80 Å². The van der Waals surface area contributed by atoms with Crippen molar-refractivity contribution in [3.8, 4) is 17.3 Å². The number of carbonyl (C=O) groups is 2. The van der Waals surface area contributed by atoms with E-state index in [1.165, 1.54) is 9.70 Å². The molecule has 12 heteroatoms. The highest BCUT2D eigenvalue weighted by Gasteiger charge is 2.35. The maximum absolute atomic E-state index is 13.9. The third-order valence-electron chi connectivity index (χ3n) is 6.64. The summed E-state index contributed by atoms with van der Waals surface area (Å²) in [7, 11) is 1.59. The molecule has 1 aliphatic heterocycles. The molecule has 0 bridgehead atoms. The molecular weight excluding hydrogens is 516 g/mol. The topological polar surface area (TPSA) is 138 Å². The Morgan fingerprint density at radius 1 is 1.10 bits per heavy atom. The third kappa shape index (κ3) is 6.40. The lowest BCUT2D eigenvalue weighted by molar-refractivity contribution is -0.143. The maximum Gasteiger partial charge on any atom is 0.250 e. The van der Waals surface area contributed by atoms with Crippen LogP contribution >= 0.6 is 0 Å². The molecular formula is C28H32N6O6. The second-order valence-corrected chi connectivity index (χ2v) is 9.65. The van der Waals surface area contributed by atoms with Gasteiger partial charge in [0.25, 0.3) is 5.91 Å². The summed E-state index contributed by atoms with van der Waals surface area (Å²) in [6, 6.07) is 13.3. The Morgan fingerprint density at radius 3 is 2.52 bits per heavy atom. The maximum atomic E-state index is 13.9. The molecule has 2 atom stereocenters. The first-order valence-electron chi connectivity index (χ1n) is 13.1. The molecule has 2 amide bonds. The number of amides is 2. The van der Waals surface area contributed by atoms with Gasteiger partial charge in [-0.25, -0.2) is 0 Å². The number of rotatable bonds is 11. The number of nitrogens with one attached hydrogen (secondary N) is 1. The van der Waals surface area contributed by atoms with Gasteiger partial charge in [-0.15, -0.1) is 10.2 Å². The van der Waals surface area contributed by atoms with Crippen molar-refractivity contribution in [1.29, 1.82) is 0 Å². The van der Waals surface area contributed by atoms with E-state index in [4.69, 9.17) is 18.3 Å². The first kappa shape index (κ1) is 27.1. The molecule has 3 aromatic heterocycles. The predicted molar refractivity (Wildman–Crippen MR) is 142 cm³/mol. The van der Waals surface area contributed by atoms with Crippen molar-refractivity contribution in [2.75, 3.05) is 20.3 Å². The molecule has 40 heavy (non-hydrogen) atoms. The molecule has 0 spiro atoms. The van der Waals surface area contributed by atoms with Crippen LogP contribution in [-0.2, 0) is 27.4 Å². The summed E-state index contributed by atoms with van der Waals surface area (Å²) in [5.41, 5.74) is 0.799. The van der Waals surface area contributed by atoms with Crippen molar-refractivity contribution < 1.29 is 27.9 Å². The van der Waals surface area contributed by atoms with Crippen LogP contribution in [0.25, 0.3) is 11.6 Å². The molecule has 12 nitrogen and oxygen atoms in total. The van der Waals surface area contributed by atoms with Crippen LogP contribution in [0.15, 0.2) is 57.4 Å². The summed E-state index contributed by atoms with van der Waals surface area (Å²) in [6.45, 7) is 4.49. The van der Waals surface area contributed by atoms with E-state index in [9.17, 15) is 9.59 Å². The molecule has 1 saturated heterocycles. The molecule has 1 aromatic carbocycles. The number of furan rings is 2. The minimum atomic E-state index is -1.04. The van der Waals surface area contributed by atoms with Crippen LogP contribution in [0.4, 0.5) is 0 Å². The number of hydrogen-bond donors (Lipinski definition) is 1. The SMILES string of the molecule is COc1ccc(CN(C(=O)Cn2nnc(-c3ccc(C)o3)n2)[C@@H](C(=O)NC[C@@H]2CCCO2)c2ccc(C)o2)cc1. The zero-order valence-electron chi connectivity index (χ0n) is 22.7. The van der Waals surface area contributed by atoms with Gasteiger partial charge in [-0.1, -0.05) is 12.1 Å². The van der Waals surface area contributed by atoms with Gasteiger partial charge in [0.2, 0.25) is 11.7 Å². The third-order valence-corrected chi connectivity index (χ3v) is 6.64. The van der Waals surface area contributed by atoms with Gasteiger partial charge >= 0.3 is 0 Å². The van der Waals surface area contributed by atoms with Gasteiger partial charge in [0.1, 0.15) is 29.6 Å². The Labute approximate surface area is 231 Å². The van der Waals surface area contributed by atoms with Gasteiger partial charge in [0, 0.05) is 19.7 Å². The van der Waals surface area contributed by atoms with Crippen LogP contribution in [-0.4, -0.2) is 63.3 Å². The molecule has 4 aromatic rings. The largest absolute Gasteiger partial charge is 0.497 e. The summed E-state index contributed by atoms with van der Waals surface area (Å²) < 4.78 is 22.4. The standard InChI is InChI=1S/C28H32N6O6/c1-18-6-12-23(39-18)26(28(36)29-15-22-5-4-14-38-22)33(16-20-8-10-21(37-3)11-9-20)25(35)17-34-31-27(30-32-34)24-13-7-19(2)40-24/h6-13,22,26H,4-5,14-17H2,1-3H3,(H,29,36)/t22-,26+/m0/s1. The number of carbonyl (C=O) groups excluding carboxylic acids is 2. The molecule has 210 valence electrons. The zero-order chi connectivity index (χ0) is 28.1. The van der Waals surface area contributed by atoms with Gasteiger partial charge in [-0.3, -0.25) is 9.59 Å². The van der Waals surface area contributed by atoms with Gasteiger partial charge < -0.3 is 28.5 Å². The van der Waals surface area contributed by atoms with Crippen molar-refractivity contribution in [1.82, 2.24) is 30.4 Å². The number of nitrogens with zero attached hydrogens (tertiary/aromatic N) is 5. The number of tetrazole rings is 1. The summed E-state index contributed by atoms with van der Waals surface area (Å²) >= 11 is 0. The van der Waals surface area contributed by atoms with Crippen LogP contribution in [0, 0.1) is 13.8 Å². The second-order valence-electron chi connectivity index (χ2n) is 9.65. The first-order chi connectivity index (χ1) is 19.4. The average Bonchev–Trinajstić information content (AvgIpc) is 3.77. The van der Waals surface area contributed by atoms with E-state index in [0.717, 1.165) is 18.4 Å². The van der Waals surface area contributed by atoms with E-state index in [-0.39, 0.29) is 30.9 Å². The molecule has 1 aliphatic rings. The molecule has 0 radical (unpaired) electrons. The van der Waals surface area contributed by atoms with Crippen molar-refractivity contribution in [2.24, 2.45) is 0 Å². The number of methoxy groups -OCH3 is 1. The highest BCUT2D eigenvalue weighted by Crippen LogP contribution is 2.27. The van der Waals surface area contributed by atoms with Gasteiger partial charge in [0.15, 0.2) is 11.8 Å². The van der Waals surface area contributed by atoms with E-state index >= 15 is 0 Å².